The molecule has 2 rings (SSSR count). The standard InChI is InChI=1S/C13H14Cl2O3S/c14-10-2-1-9(5-11(10)15)7-19(18)8-13(3-4-13)6-12(16)17/h1-2,5H,3-4,6-8H2,(H,16,17). The minimum absolute atomic E-state index is 0.111. The third-order valence-electron chi connectivity index (χ3n) is 3.26. The van der Waals surface area contributed by atoms with E-state index >= 15 is 0 Å². The number of rotatable bonds is 6. The number of carbonyl (C=O) groups is 1. The number of aliphatic carboxylic acids is 1. The van der Waals surface area contributed by atoms with Crippen LogP contribution >= 0.6 is 23.2 Å². The van der Waals surface area contributed by atoms with Gasteiger partial charge in [-0.15, -0.1) is 0 Å². The number of hydrogen-bond donors (Lipinski definition) is 1. The van der Waals surface area contributed by atoms with Gasteiger partial charge in [0.2, 0.25) is 0 Å². The van der Waals surface area contributed by atoms with Gasteiger partial charge in [0.05, 0.1) is 16.5 Å². The summed E-state index contributed by atoms with van der Waals surface area (Å²) in [5.41, 5.74) is 0.617. The maximum Gasteiger partial charge on any atom is 0.303 e. The highest BCUT2D eigenvalue weighted by molar-refractivity contribution is 7.84. The number of hydrogen-bond acceptors (Lipinski definition) is 2. The summed E-state index contributed by atoms with van der Waals surface area (Å²) in [6, 6.07) is 5.18. The Morgan fingerprint density at radius 3 is 2.53 bits per heavy atom. The van der Waals surface area contributed by atoms with Crippen molar-refractivity contribution in [2.24, 2.45) is 5.41 Å². The summed E-state index contributed by atoms with van der Waals surface area (Å²) in [7, 11) is -1.07. The molecular formula is C13H14Cl2O3S. The zero-order valence-corrected chi connectivity index (χ0v) is 12.5. The lowest BCUT2D eigenvalue weighted by Crippen LogP contribution is -2.17. The Morgan fingerprint density at radius 1 is 1.32 bits per heavy atom. The highest BCUT2D eigenvalue weighted by Gasteiger charge is 2.45. The van der Waals surface area contributed by atoms with Gasteiger partial charge in [0.1, 0.15) is 0 Å². The molecular weight excluding hydrogens is 307 g/mol. The zero-order valence-electron chi connectivity index (χ0n) is 10.2. The number of carboxylic acid groups (broad SMARTS) is 1. The van der Waals surface area contributed by atoms with Crippen LogP contribution in [0.2, 0.25) is 10.0 Å². The smallest absolute Gasteiger partial charge is 0.303 e. The average molecular weight is 321 g/mol. The van der Waals surface area contributed by atoms with Crippen LogP contribution in [-0.4, -0.2) is 21.0 Å². The molecule has 1 aromatic carbocycles. The van der Waals surface area contributed by atoms with Gasteiger partial charge >= 0.3 is 5.97 Å². The first kappa shape index (κ1) is 14.8. The molecule has 1 atom stereocenters. The highest BCUT2D eigenvalue weighted by atomic mass is 35.5. The summed E-state index contributed by atoms with van der Waals surface area (Å²) in [4.78, 5) is 10.7. The Bertz CT molecular complexity index is 527. The first-order valence-corrected chi connectivity index (χ1v) is 8.15. The van der Waals surface area contributed by atoms with Crippen LogP contribution in [0.1, 0.15) is 24.8 Å². The number of carboxylic acids is 1. The maximum absolute atomic E-state index is 12.1. The van der Waals surface area contributed by atoms with Crippen LogP contribution in [0.15, 0.2) is 18.2 Å². The second-order valence-electron chi connectivity index (χ2n) is 5.05. The summed E-state index contributed by atoms with van der Waals surface area (Å²) in [6.07, 6.45) is 1.82. The molecule has 1 aromatic rings. The summed E-state index contributed by atoms with van der Waals surface area (Å²) in [6.45, 7) is 0. The van der Waals surface area contributed by atoms with Gasteiger partial charge in [-0.3, -0.25) is 9.00 Å². The van der Waals surface area contributed by atoms with E-state index in [0.29, 0.717) is 21.6 Å². The van der Waals surface area contributed by atoms with Gasteiger partial charge in [-0.1, -0.05) is 29.3 Å². The van der Waals surface area contributed by atoms with Crippen molar-refractivity contribution in [3.05, 3.63) is 33.8 Å². The van der Waals surface area contributed by atoms with Crippen LogP contribution < -0.4 is 0 Å². The van der Waals surface area contributed by atoms with Gasteiger partial charge < -0.3 is 5.11 Å². The molecule has 104 valence electrons. The Morgan fingerprint density at radius 2 is 2.00 bits per heavy atom. The quantitative estimate of drug-likeness (QED) is 0.872. The molecule has 1 saturated carbocycles. The normalized spacial score (nSPS) is 18.0. The third-order valence-corrected chi connectivity index (χ3v) is 5.59. The van der Waals surface area contributed by atoms with Crippen LogP contribution in [-0.2, 0) is 21.3 Å². The first-order chi connectivity index (χ1) is 8.90. The van der Waals surface area contributed by atoms with Gasteiger partial charge in [0, 0.05) is 22.3 Å². The second-order valence-corrected chi connectivity index (χ2v) is 7.32. The highest BCUT2D eigenvalue weighted by Crippen LogP contribution is 2.49. The third kappa shape index (κ3) is 4.20. The van der Waals surface area contributed by atoms with Crippen molar-refractivity contribution >= 4 is 40.0 Å². The van der Waals surface area contributed by atoms with Crippen molar-refractivity contribution in [1.29, 1.82) is 0 Å². The SMILES string of the molecule is O=C(O)CC1(CS(=O)Cc2ccc(Cl)c(Cl)c2)CC1. The fraction of sp³-hybridized carbons (Fsp3) is 0.462. The van der Waals surface area contributed by atoms with Crippen LogP contribution in [0.4, 0.5) is 0 Å². The van der Waals surface area contributed by atoms with Crippen molar-refractivity contribution in [1.82, 2.24) is 0 Å². The van der Waals surface area contributed by atoms with Gasteiger partial charge in [-0.2, -0.15) is 0 Å². The Kier molecular flexibility index (Phi) is 4.54. The van der Waals surface area contributed by atoms with E-state index < -0.39 is 16.8 Å². The first-order valence-electron chi connectivity index (χ1n) is 5.91. The minimum Gasteiger partial charge on any atom is -0.481 e. The van der Waals surface area contributed by atoms with Gasteiger partial charge in [-0.25, -0.2) is 0 Å². The molecule has 1 aliphatic rings. The molecule has 0 heterocycles. The molecule has 1 fully saturated rings. The predicted molar refractivity (Wildman–Crippen MR) is 77.1 cm³/mol. The average Bonchev–Trinajstić information content (AvgIpc) is 3.01. The van der Waals surface area contributed by atoms with Crippen molar-refractivity contribution in [3.8, 4) is 0 Å². The second kappa shape index (κ2) is 5.81. The molecule has 1 aliphatic carbocycles. The van der Waals surface area contributed by atoms with E-state index in [1.54, 1.807) is 18.2 Å². The summed E-state index contributed by atoms with van der Waals surface area (Å²) < 4.78 is 12.1. The van der Waals surface area contributed by atoms with E-state index in [1.165, 1.54) is 0 Å². The topological polar surface area (TPSA) is 54.4 Å². The molecule has 19 heavy (non-hydrogen) atoms. The lowest BCUT2D eigenvalue weighted by Gasteiger charge is -2.12. The number of halogens is 2. The van der Waals surface area contributed by atoms with E-state index in [4.69, 9.17) is 28.3 Å². The van der Waals surface area contributed by atoms with Gasteiger partial charge in [0.25, 0.3) is 0 Å². The van der Waals surface area contributed by atoms with Gasteiger partial charge in [-0.05, 0) is 36.0 Å². The Balaban J connectivity index is 1.94. The molecule has 0 bridgehead atoms. The van der Waals surface area contributed by atoms with E-state index in [2.05, 4.69) is 0 Å². The lowest BCUT2D eigenvalue weighted by atomic mass is 10.1. The monoisotopic (exact) mass is 320 g/mol. The lowest BCUT2D eigenvalue weighted by molar-refractivity contribution is -0.138. The van der Waals surface area contributed by atoms with Gasteiger partial charge in [0.15, 0.2) is 0 Å². The van der Waals surface area contributed by atoms with Crippen LogP contribution in [0.25, 0.3) is 0 Å². The molecule has 1 N–H and O–H groups in total. The van der Waals surface area contributed by atoms with E-state index in [9.17, 15) is 9.00 Å². The molecule has 1 unspecified atom stereocenters. The molecule has 0 radical (unpaired) electrons. The van der Waals surface area contributed by atoms with Crippen LogP contribution in [0.3, 0.4) is 0 Å². The molecule has 0 amide bonds. The van der Waals surface area contributed by atoms with Crippen molar-refractivity contribution in [2.75, 3.05) is 5.75 Å². The van der Waals surface area contributed by atoms with E-state index in [0.717, 1.165) is 18.4 Å². The summed E-state index contributed by atoms with van der Waals surface area (Å²) in [5, 5.41) is 9.75. The maximum atomic E-state index is 12.1. The Labute approximate surface area is 124 Å². The predicted octanol–water partition coefficient (Wildman–Crippen LogP) is 3.50. The molecule has 0 spiro atoms. The fourth-order valence-corrected chi connectivity index (χ4v) is 4.13. The fourth-order valence-electron chi connectivity index (χ4n) is 2.08. The molecule has 0 saturated heterocycles. The Hall–Kier alpha value is -0.580. The molecule has 6 heteroatoms. The van der Waals surface area contributed by atoms with Crippen molar-refractivity contribution in [2.45, 2.75) is 25.0 Å². The van der Waals surface area contributed by atoms with Crippen molar-refractivity contribution < 1.29 is 14.1 Å². The van der Waals surface area contributed by atoms with E-state index in [1.807, 2.05) is 0 Å². The zero-order chi connectivity index (χ0) is 14.0. The summed E-state index contributed by atoms with van der Waals surface area (Å²) >= 11 is 11.7. The largest absolute Gasteiger partial charge is 0.481 e. The van der Waals surface area contributed by atoms with Crippen molar-refractivity contribution in [3.63, 3.8) is 0 Å². The molecule has 0 aromatic heterocycles. The minimum atomic E-state index is -1.07. The number of benzene rings is 1. The van der Waals surface area contributed by atoms with Crippen LogP contribution in [0.5, 0.6) is 0 Å². The van der Waals surface area contributed by atoms with E-state index in [-0.39, 0.29) is 11.8 Å². The molecule has 0 aliphatic heterocycles. The summed E-state index contributed by atoms with van der Waals surface area (Å²) in [5.74, 6) is 0.0154. The van der Waals surface area contributed by atoms with Crippen LogP contribution in [0, 0.1) is 5.41 Å². The molecule has 3 nitrogen and oxygen atoms in total.